The lowest BCUT2D eigenvalue weighted by Gasteiger charge is -2.21. The number of benzene rings is 2. The molecule has 0 aliphatic heterocycles. The van der Waals surface area contributed by atoms with Gasteiger partial charge < -0.3 is 4.74 Å². The first-order chi connectivity index (χ1) is 14.8. The van der Waals surface area contributed by atoms with E-state index in [0.717, 1.165) is 12.0 Å². The van der Waals surface area contributed by atoms with E-state index in [9.17, 15) is 4.79 Å². The maximum absolute atomic E-state index is 11.6. The van der Waals surface area contributed by atoms with Gasteiger partial charge in [0, 0.05) is 0 Å². The number of rotatable bonds is 3. The SMILES string of the molecule is CC(C)(C)C(=O)OCc1ccc(C(C)(C)C)cc1.CC(C)(C)Cc1ccc(C(C)(C)C)cc1. The Bertz CT molecular complexity index is 859. The van der Waals surface area contributed by atoms with E-state index in [-0.39, 0.29) is 16.8 Å². The third-order valence-electron chi connectivity index (χ3n) is 5.36. The predicted octanol–water partition coefficient (Wildman–Crippen LogP) is 8.65. The summed E-state index contributed by atoms with van der Waals surface area (Å²) in [5.74, 6) is -0.164. The molecule has 0 amide bonds. The molecule has 2 rings (SSSR count). The zero-order valence-electron chi connectivity index (χ0n) is 23.3. The molecular formula is C31H48O2. The van der Waals surface area contributed by atoms with E-state index in [1.807, 2.05) is 32.9 Å². The second-order valence-corrected chi connectivity index (χ2v) is 13.5. The van der Waals surface area contributed by atoms with E-state index in [4.69, 9.17) is 4.74 Å². The monoisotopic (exact) mass is 452 g/mol. The normalized spacial score (nSPS) is 12.6. The molecule has 0 bridgehead atoms. The third-order valence-corrected chi connectivity index (χ3v) is 5.36. The van der Waals surface area contributed by atoms with Crippen molar-refractivity contribution in [3.63, 3.8) is 0 Å². The minimum atomic E-state index is -0.439. The van der Waals surface area contributed by atoms with Crippen LogP contribution in [0.15, 0.2) is 48.5 Å². The lowest BCUT2D eigenvalue weighted by atomic mass is 9.84. The van der Waals surface area contributed by atoms with Gasteiger partial charge in [-0.3, -0.25) is 4.79 Å². The van der Waals surface area contributed by atoms with Gasteiger partial charge in [0.05, 0.1) is 5.41 Å². The minimum absolute atomic E-state index is 0.153. The molecular weight excluding hydrogens is 404 g/mol. The van der Waals surface area contributed by atoms with E-state index in [2.05, 4.69) is 98.7 Å². The van der Waals surface area contributed by atoms with Crippen LogP contribution in [0.5, 0.6) is 0 Å². The third kappa shape index (κ3) is 11.1. The molecule has 0 atom stereocenters. The zero-order chi connectivity index (χ0) is 25.7. The molecule has 2 nitrogen and oxygen atoms in total. The van der Waals surface area contributed by atoms with Crippen LogP contribution in [0.1, 0.15) is 105 Å². The fourth-order valence-corrected chi connectivity index (χ4v) is 3.20. The minimum Gasteiger partial charge on any atom is -0.460 e. The van der Waals surface area contributed by atoms with Crippen molar-refractivity contribution in [2.45, 2.75) is 107 Å². The smallest absolute Gasteiger partial charge is 0.311 e. The summed E-state index contributed by atoms with van der Waals surface area (Å²) in [6.45, 7) is 26.1. The van der Waals surface area contributed by atoms with E-state index < -0.39 is 5.41 Å². The molecule has 0 aliphatic rings. The topological polar surface area (TPSA) is 26.3 Å². The van der Waals surface area contributed by atoms with Crippen molar-refractivity contribution < 1.29 is 9.53 Å². The fourth-order valence-electron chi connectivity index (χ4n) is 3.20. The van der Waals surface area contributed by atoms with Crippen LogP contribution in [-0.2, 0) is 33.4 Å². The first kappa shape index (κ1) is 28.9. The van der Waals surface area contributed by atoms with Crippen LogP contribution in [0, 0.1) is 10.8 Å². The molecule has 184 valence electrons. The average Bonchev–Trinajstić information content (AvgIpc) is 2.64. The number of carbonyl (C=O) groups is 1. The summed E-state index contributed by atoms with van der Waals surface area (Å²) in [4.78, 5) is 11.6. The molecule has 0 heterocycles. The maximum Gasteiger partial charge on any atom is 0.311 e. The Morgan fingerprint density at radius 1 is 0.606 bits per heavy atom. The van der Waals surface area contributed by atoms with Crippen molar-refractivity contribution in [1.82, 2.24) is 0 Å². The van der Waals surface area contributed by atoms with Gasteiger partial charge in [-0.1, -0.05) is 111 Å². The maximum atomic E-state index is 11.6. The Hall–Kier alpha value is -2.09. The summed E-state index contributed by atoms with van der Waals surface area (Å²) in [6.07, 6.45) is 1.15. The Labute approximate surface area is 204 Å². The van der Waals surface area contributed by atoms with Crippen LogP contribution >= 0.6 is 0 Å². The average molecular weight is 453 g/mol. The molecule has 2 heteroatoms. The molecule has 0 saturated carbocycles. The lowest BCUT2D eigenvalue weighted by Crippen LogP contribution is -2.22. The first-order valence-corrected chi connectivity index (χ1v) is 12.2. The van der Waals surface area contributed by atoms with Crippen LogP contribution in [0.25, 0.3) is 0 Å². The fraction of sp³-hybridized carbons (Fsp3) is 0.581. The summed E-state index contributed by atoms with van der Waals surface area (Å²) >= 11 is 0. The molecule has 0 aliphatic carbocycles. The second-order valence-electron chi connectivity index (χ2n) is 13.5. The highest BCUT2D eigenvalue weighted by Gasteiger charge is 2.23. The Morgan fingerprint density at radius 3 is 1.27 bits per heavy atom. The molecule has 0 fully saturated rings. The van der Waals surface area contributed by atoms with E-state index in [1.165, 1.54) is 16.7 Å². The van der Waals surface area contributed by atoms with Crippen LogP contribution in [0.4, 0.5) is 0 Å². The number of ether oxygens (including phenoxy) is 1. The zero-order valence-corrected chi connectivity index (χ0v) is 23.3. The van der Waals surface area contributed by atoms with Gasteiger partial charge in [0.2, 0.25) is 0 Å². The van der Waals surface area contributed by atoms with E-state index >= 15 is 0 Å². The molecule has 0 aromatic heterocycles. The van der Waals surface area contributed by atoms with Gasteiger partial charge in [0.1, 0.15) is 6.61 Å². The lowest BCUT2D eigenvalue weighted by molar-refractivity contribution is -0.154. The van der Waals surface area contributed by atoms with E-state index in [0.29, 0.717) is 12.0 Å². The summed E-state index contributed by atoms with van der Waals surface area (Å²) in [5.41, 5.74) is 5.53. The van der Waals surface area contributed by atoms with Gasteiger partial charge >= 0.3 is 5.97 Å². The highest BCUT2D eigenvalue weighted by molar-refractivity contribution is 5.75. The molecule has 0 unspecified atom stereocenters. The van der Waals surface area contributed by atoms with Crippen molar-refractivity contribution in [3.8, 4) is 0 Å². The van der Waals surface area contributed by atoms with Crippen molar-refractivity contribution >= 4 is 5.97 Å². The number of hydrogen-bond acceptors (Lipinski definition) is 2. The molecule has 0 spiro atoms. The molecule has 0 saturated heterocycles. The van der Waals surface area contributed by atoms with Crippen LogP contribution < -0.4 is 0 Å². The standard InChI is InChI=1S/C16H24O2.C15H24/c1-15(2,3)13-9-7-12(8-10-13)11-18-14(17)16(4,5)6;1-14(2,3)11-12-7-9-13(10-8-12)15(4,5)6/h7-10H,11H2,1-6H3;7-10H,11H2,1-6H3. The number of hydrogen-bond donors (Lipinski definition) is 0. The van der Waals surface area contributed by atoms with Gasteiger partial charge in [0.25, 0.3) is 0 Å². The van der Waals surface area contributed by atoms with Crippen LogP contribution in [0.2, 0.25) is 0 Å². The van der Waals surface area contributed by atoms with Gasteiger partial charge in [-0.25, -0.2) is 0 Å². The van der Waals surface area contributed by atoms with Gasteiger partial charge in [-0.2, -0.15) is 0 Å². The second kappa shape index (κ2) is 10.9. The van der Waals surface area contributed by atoms with Crippen molar-refractivity contribution in [3.05, 3.63) is 70.8 Å². The summed E-state index contributed by atoms with van der Waals surface area (Å²) in [5, 5.41) is 0. The van der Waals surface area contributed by atoms with E-state index in [1.54, 1.807) is 0 Å². The van der Waals surface area contributed by atoms with Gasteiger partial charge in [-0.05, 0) is 65.7 Å². The largest absolute Gasteiger partial charge is 0.460 e. The van der Waals surface area contributed by atoms with Crippen molar-refractivity contribution in [1.29, 1.82) is 0 Å². The summed E-state index contributed by atoms with van der Waals surface area (Å²) in [7, 11) is 0. The van der Waals surface area contributed by atoms with Crippen LogP contribution in [0.3, 0.4) is 0 Å². The molecule has 0 N–H and O–H groups in total. The highest BCUT2D eigenvalue weighted by atomic mass is 16.5. The van der Waals surface area contributed by atoms with Crippen molar-refractivity contribution in [2.24, 2.45) is 10.8 Å². The Balaban J connectivity index is 0.000000335. The highest BCUT2D eigenvalue weighted by Crippen LogP contribution is 2.25. The molecule has 0 radical (unpaired) electrons. The summed E-state index contributed by atoms with van der Waals surface area (Å²) in [6, 6.07) is 17.3. The predicted molar refractivity (Wildman–Crippen MR) is 143 cm³/mol. The van der Waals surface area contributed by atoms with Gasteiger partial charge in [-0.15, -0.1) is 0 Å². The number of carbonyl (C=O) groups excluding carboxylic acids is 1. The Morgan fingerprint density at radius 2 is 0.970 bits per heavy atom. The first-order valence-electron chi connectivity index (χ1n) is 12.2. The van der Waals surface area contributed by atoms with Crippen molar-refractivity contribution in [2.75, 3.05) is 0 Å². The summed E-state index contributed by atoms with van der Waals surface area (Å²) < 4.78 is 5.28. The molecule has 2 aromatic rings. The molecule has 33 heavy (non-hydrogen) atoms. The Kier molecular flexibility index (Phi) is 9.55. The molecule has 2 aromatic carbocycles. The quantitative estimate of drug-likeness (QED) is 0.435. The van der Waals surface area contributed by atoms with Crippen LogP contribution in [-0.4, -0.2) is 5.97 Å². The number of esters is 1. The van der Waals surface area contributed by atoms with Gasteiger partial charge in [0.15, 0.2) is 0 Å².